The van der Waals surface area contributed by atoms with E-state index in [1.165, 1.54) is 6.07 Å². The Bertz CT molecular complexity index is 1510. The van der Waals surface area contributed by atoms with Gasteiger partial charge in [-0.1, -0.05) is 6.92 Å². The molecule has 3 heterocycles. The molecule has 1 saturated carbocycles. The van der Waals surface area contributed by atoms with E-state index < -0.39 is 23.6 Å². The summed E-state index contributed by atoms with van der Waals surface area (Å²) in [5.41, 5.74) is 8.34. The Hall–Kier alpha value is -3.76. The summed E-state index contributed by atoms with van der Waals surface area (Å²) in [6.07, 6.45) is 6.50. The summed E-state index contributed by atoms with van der Waals surface area (Å²) in [5.74, 6) is -1.61. The molecule has 1 fully saturated rings. The van der Waals surface area contributed by atoms with Crippen molar-refractivity contribution in [2.45, 2.75) is 64.1 Å². The lowest BCUT2D eigenvalue weighted by atomic mass is 9.74. The first-order valence-corrected chi connectivity index (χ1v) is 13.1. The van der Waals surface area contributed by atoms with E-state index in [9.17, 15) is 14.3 Å². The van der Waals surface area contributed by atoms with Crippen LogP contribution in [0.1, 0.15) is 66.8 Å². The lowest BCUT2D eigenvalue weighted by molar-refractivity contribution is 0.0519. The second-order valence-corrected chi connectivity index (χ2v) is 10.7. The maximum atomic E-state index is 15.4. The monoisotopic (exact) mass is 534 g/mol. The third-order valence-electron chi connectivity index (χ3n) is 7.43. The van der Waals surface area contributed by atoms with Gasteiger partial charge in [0.1, 0.15) is 17.5 Å². The number of aromatic nitrogens is 4. The molecule has 8 nitrogen and oxygen atoms in total. The Labute approximate surface area is 225 Å². The van der Waals surface area contributed by atoms with Crippen molar-refractivity contribution in [1.82, 2.24) is 24.9 Å². The number of pyridine rings is 1. The number of hydrogen-bond acceptors (Lipinski definition) is 6. The topological polar surface area (TPSA) is 118 Å². The Morgan fingerprint density at radius 2 is 1.97 bits per heavy atom. The zero-order valence-electron chi connectivity index (χ0n) is 22.1. The summed E-state index contributed by atoms with van der Waals surface area (Å²) in [4.78, 5) is 21.3. The van der Waals surface area contributed by atoms with Gasteiger partial charge in [-0.3, -0.25) is 9.78 Å². The van der Waals surface area contributed by atoms with Crippen molar-refractivity contribution in [1.29, 1.82) is 0 Å². The van der Waals surface area contributed by atoms with Gasteiger partial charge in [0.2, 0.25) is 0 Å². The smallest absolute Gasteiger partial charge is 0.254 e. The summed E-state index contributed by atoms with van der Waals surface area (Å²) in [7, 11) is 0. The minimum atomic E-state index is -0.971. The van der Waals surface area contributed by atoms with Crippen molar-refractivity contribution in [3.8, 4) is 11.3 Å². The number of aliphatic hydroxyl groups is 1. The van der Waals surface area contributed by atoms with E-state index in [1.807, 2.05) is 13.0 Å². The standard InChI is InChI=1S/C29H32F2N6O2/c1-15(2)35-29(39)21-5-6-22(30)26(27(21)31)24-7-4-19-14-34-25(37(19)36-24)12-18-13-33-9-8-20(18)17-10-16(3)28(38)23(32)11-17/h4-9,13-17,23,28,38H,10-12,32H2,1-3H3,(H,35,39)/t16-,17+,23+,28-/m0/s1. The highest BCUT2D eigenvalue weighted by molar-refractivity contribution is 5.96. The van der Waals surface area contributed by atoms with Gasteiger partial charge in [0.15, 0.2) is 0 Å². The van der Waals surface area contributed by atoms with Gasteiger partial charge in [0, 0.05) is 30.9 Å². The normalized spacial score (nSPS) is 21.4. The molecule has 4 aromatic rings. The molecule has 1 amide bonds. The number of carbonyl (C=O) groups excluding carboxylic acids is 1. The predicted octanol–water partition coefficient (Wildman–Crippen LogP) is 4.00. The van der Waals surface area contributed by atoms with Crippen LogP contribution in [0.15, 0.2) is 48.9 Å². The lowest BCUT2D eigenvalue weighted by Gasteiger charge is -2.36. The van der Waals surface area contributed by atoms with Gasteiger partial charge in [0.25, 0.3) is 5.91 Å². The largest absolute Gasteiger partial charge is 0.391 e. The van der Waals surface area contributed by atoms with Gasteiger partial charge in [0.05, 0.1) is 34.6 Å². The highest BCUT2D eigenvalue weighted by Gasteiger charge is 2.34. The number of imidazole rings is 1. The Kier molecular flexibility index (Phi) is 7.42. The van der Waals surface area contributed by atoms with Gasteiger partial charge in [-0.15, -0.1) is 0 Å². The minimum Gasteiger partial charge on any atom is -0.391 e. The molecule has 0 radical (unpaired) electrons. The molecule has 1 aliphatic carbocycles. The average Bonchev–Trinajstić information content (AvgIpc) is 3.29. The first-order valence-electron chi connectivity index (χ1n) is 13.1. The van der Waals surface area contributed by atoms with E-state index in [1.54, 1.807) is 43.0 Å². The summed E-state index contributed by atoms with van der Waals surface area (Å²) in [5, 5.41) is 17.5. The highest BCUT2D eigenvalue weighted by atomic mass is 19.1. The molecule has 0 bridgehead atoms. The van der Waals surface area contributed by atoms with Crippen LogP contribution < -0.4 is 11.1 Å². The number of nitrogens with zero attached hydrogens (tertiary/aromatic N) is 4. The summed E-state index contributed by atoms with van der Waals surface area (Å²) >= 11 is 0. The predicted molar refractivity (Wildman–Crippen MR) is 143 cm³/mol. The van der Waals surface area contributed by atoms with E-state index in [4.69, 9.17) is 5.73 Å². The van der Waals surface area contributed by atoms with Crippen LogP contribution in [-0.2, 0) is 6.42 Å². The number of fused-ring (bicyclic) bond motifs is 1. The molecular weight excluding hydrogens is 502 g/mol. The summed E-state index contributed by atoms with van der Waals surface area (Å²) in [6, 6.07) is 6.87. The molecule has 1 aromatic carbocycles. The molecule has 0 spiro atoms. The number of aliphatic hydroxyl groups excluding tert-OH is 1. The maximum absolute atomic E-state index is 15.4. The fourth-order valence-electron chi connectivity index (χ4n) is 5.47. The van der Waals surface area contributed by atoms with Crippen LogP contribution >= 0.6 is 0 Å². The van der Waals surface area contributed by atoms with Crippen LogP contribution in [0.2, 0.25) is 0 Å². The second kappa shape index (κ2) is 10.8. The number of rotatable bonds is 6. The number of nitrogens with one attached hydrogen (secondary N) is 1. The van der Waals surface area contributed by atoms with Crippen molar-refractivity contribution in [2.75, 3.05) is 0 Å². The van der Waals surface area contributed by atoms with Crippen molar-refractivity contribution >= 4 is 11.4 Å². The van der Waals surface area contributed by atoms with Gasteiger partial charge >= 0.3 is 0 Å². The Morgan fingerprint density at radius 1 is 1.18 bits per heavy atom. The van der Waals surface area contributed by atoms with Crippen LogP contribution in [-0.4, -0.2) is 48.8 Å². The molecule has 5 rings (SSSR count). The fourth-order valence-corrected chi connectivity index (χ4v) is 5.47. The molecular formula is C29H32F2N6O2. The average molecular weight is 535 g/mol. The van der Waals surface area contributed by atoms with Gasteiger partial charge in [-0.05, 0) is 80.0 Å². The highest BCUT2D eigenvalue weighted by Crippen LogP contribution is 2.37. The van der Waals surface area contributed by atoms with Crippen LogP contribution in [0, 0.1) is 17.6 Å². The number of hydrogen-bond donors (Lipinski definition) is 3. The van der Waals surface area contributed by atoms with Crippen LogP contribution in [0.3, 0.4) is 0 Å². The van der Waals surface area contributed by atoms with Gasteiger partial charge < -0.3 is 16.2 Å². The van der Waals surface area contributed by atoms with E-state index in [2.05, 4.69) is 20.4 Å². The second-order valence-electron chi connectivity index (χ2n) is 10.7. The molecule has 0 saturated heterocycles. The number of benzene rings is 1. The first kappa shape index (κ1) is 26.8. The van der Waals surface area contributed by atoms with Crippen LogP contribution in [0.4, 0.5) is 8.78 Å². The fraction of sp³-hybridized carbons (Fsp3) is 0.379. The lowest BCUT2D eigenvalue weighted by Crippen LogP contribution is -2.44. The maximum Gasteiger partial charge on any atom is 0.254 e. The Balaban J connectivity index is 1.51. The number of nitrogens with two attached hydrogens (primary N) is 1. The molecule has 204 valence electrons. The third-order valence-corrected chi connectivity index (χ3v) is 7.43. The van der Waals surface area contributed by atoms with E-state index in [0.717, 1.165) is 29.7 Å². The van der Waals surface area contributed by atoms with Crippen molar-refractivity contribution < 1.29 is 18.7 Å². The van der Waals surface area contributed by atoms with Crippen molar-refractivity contribution in [2.24, 2.45) is 11.7 Å². The van der Waals surface area contributed by atoms with Gasteiger partial charge in [-0.2, -0.15) is 5.10 Å². The first-order chi connectivity index (χ1) is 18.6. The number of carbonyl (C=O) groups is 1. The molecule has 4 atom stereocenters. The van der Waals surface area contributed by atoms with Crippen LogP contribution in [0.25, 0.3) is 16.8 Å². The zero-order valence-corrected chi connectivity index (χ0v) is 22.1. The van der Waals surface area contributed by atoms with Crippen LogP contribution in [0.5, 0.6) is 0 Å². The van der Waals surface area contributed by atoms with Gasteiger partial charge in [-0.25, -0.2) is 18.3 Å². The summed E-state index contributed by atoms with van der Waals surface area (Å²) in [6.45, 7) is 5.53. The van der Waals surface area contributed by atoms with Crippen molar-refractivity contribution in [3.05, 3.63) is 83.1 Å². The zero-order chi connectivity index (χ0) is 27.8. The van der Waals surface area contributed by atoms with Crippen molar-refractivity contribution in [3.63, 3.8) is 0 Å². The number of halogens is 2. The summed E-state index contributed by atoms with van der Waals surface area (Å²) < 4.78 is 31.9. The minimum absolute atomic E-state index is 0.0448. The molecule has 0 aliphatic heterocycles. The third kappa shape index (κ3) is 5.26. The quantitative estimate of drug-likeness (QED) is 0.344. The molecule has 3 aromatic heterocycles. The molecule has 10 heteroatoms. The molecule has 4 N–H and O–H groups in total. The molecule has 39 heavy (non-hydrogen) atoms. The SMILES string of the molecule is CC(C)NC(=O)c1ccc(F)c(-c2ccc3cnc(Cc4cnccc4[C@H]4C[C@@H](N)[C@@H](O)[C@@H](C)C4)n3n2)c1F. The molecule has 0 unspecified atom stereocenters. The van der Waals surface area contributed by atoms with E-state index in [0.29, 0.717) is 24.2 Å². The Morgan fingerprint density at radius 3 is 2.72 bits per heavy atom. The molecule has 1 aliphatic rings. The van der Waals surface area contributed by atoms with E-state index >= 15 is 4.39 Å². The number of amides is 1. The van der Waals surface area contributed by atoms with E-state index in [-0.39, 0.29) is 40.7 Å².